The topological polar surface area (TPSA) is 108 Å². The first-order valence-electron chi connectivity index (χ1n) is 9.63. The Morgan fingerprint density at radius 1 is 1.00 bits per heavy atom. The lowest BCUT2D eigenvalue weighted by molar-refractivity contribution is 0.0525. The van der Waals surface area contributed by atoms with E-state index in [4.69, 9.17) is 16.4 Å². The van der Waals surface area contributed by atoms with Gasteiger partial charge in [-0.1, -0.05) is 36.4 Å². The minimum Gasteiger partial charge on any atom is -0.462 e. The Balaban J connectivity index is 1.90. The van der Waals surface area contributed by atoms with E-state index in [1.54, 1.807) is 19.4 Å². The molecule has 0 spiro atoms. The number of aromatic nitrogens is 1. The van der Waals surface area contributed by atoms with Crippen molar-refractivity contribution in [1.82, 2.24) is 4.57 Å². The third-order valence-electron chi connectivity index (χ3n) is 4.57. The molecule has 3 rings (SSSR count). The van der Waals surface area contributed by atoms with Crippen LogP contribution in [-0.4, -0.2) is 29.6 Å². The second-order valence-electron chi connectivity index (χ2n) is 6.81. The van der Waals surface area contributed by atoms with E-state index in [1.165, 1.54) is 0 Å². The van der Waals surface area contributed by atoms with E-state index in [9.17, 15) is 4.79 Å². The Bertz CT molecular complexity index is 1070. The molecule has 1 heterocycles. The summed E-state index contributed by atoms with van der Waals surface area (Å²) in [5, 5.41) is 7.15. The molecule has 1 aromatic heterocycles. The van der Waals surface area contributed by atoms with Gasteiger partial charge in [-0.05, 0) is 53.3 Å². The summed E-state index contributed by atoms with van der Waals surface area (Å²) in [5.74, 6) is 10.2. The lowest BCUT2D eigenvalue weighted by Crippen LogP contribution is -2.06. The molecule has 0 saturated carbocycles. The lowest BCUT2D eigenvalue weighted by atomic mass is 10.0. The smallest absolute Gasteiger partial charge is 0.339 e. The second-order valence-corrected chi connectivity index (χ2v) is 6.81. The summed E-state index contributed by atoms with van der Waals surface area (Å²) < 4.78 is 7.25. The fraction of sp³-hybridized carbons (Fsp3) is 0.174. The van der Waals surface area contributed by atoms with Gasteiger partial charge in [0.15, 0.2) is 0 Å². The third-order valence-corrected chi connectivity index (χ3v) is 4.57. The van der Waals surface area contributed by atoms with Crippen LogP contribution in [0.5, 0.6) is 0 Å². The molecule has 7 nitrogen and oxygen atoms in total. The minimum absolute atomic E-state index is 0.324. The van der Waals surface area contributed by atoms with E-state index in [-0.39, 0.29) is 5.97 Å². The van der Waals surface area contributed by atoms with Crippen LogP contribution in [0.1, 0.15) is 45.1 Å². The maximum atomic E-state index is 12.5. The van der Waals surface area contributed by atoms with Crippen LogP contribution in [0.25, 0.3) is 0 Å². The van der Waals surface area contributed by atoms with Crippen molar-refractivity contribution in [2.24, 2.45) is 21.9 Å². The number of carbonyl (C=O) groups excluding carboxylic acids is 1. The zero-order valence-electron chi connectivity index (χ0n) is 16.9. The molecule has 0 radical (unpaired) electrons. The molecule has 4 N–H and O–H groups in total. The molecule has 0 amide bonds. The van der Waals surface area contributed by atoms with Crippen molar-refractivity contribution < 1.29 is 9.53 Å². The van der Waals surface area contributed by atoms with Gasteiger partial charge in [0.2, 0.25) is 0 Å². The second kappa shape index (κ2) is 10.1. The van der Waals surface area contributed by atoms with Crippen LogP contribution >= 0.6 is 0 Å². The van der Waals surface area contributed by atoms with Crippen LogP contribution in [0, 0.1) is 0 Å². The number of hydrogen-bond donors (Lipinski definition) is 2. The van der Waals surface area contributed by atoms with Gasteiger partial charge in [-0.15, -0.1) is 0 Å². The zero-order chi connectivity index (χ0) is 21.3. The van der Waals surface area contributed by atoms with Gasteiger partial charge >= 0.3 is 5.97 Å². The molecular weight excluding hydrogens is 378 g/mol. The van der Waals surface area contributed by atoms with Crippen molar-refractivity contribution in [2.75, 3.05) is 6.61 Å². The predicted molar refractivity (Wildman–Crippen MR) is 119 cm³/mol. The largest absolute Gasteiger partial charge is 0.462 e. The number of hydrazone groups is 2. The van der Waals surface area contributed by atoms with Gasteiger partial charge in [-0.2, -0.15) is 10.2 Å². The lowest BCUT2D eigenvalue weighted by Gasteiger charge is -2.05. The van der Waals surface area contributed by atoms with Crippen LogP contribution in [0.2, 0.25) is 0 Å². The van der Waals surface area contributed by atoms with Gasteiger partial charge in [0, 0.05) is 18.9 Å². The van der Waals surface area contributed by atoms with E-state index in [2.05, 4.69) is 10.2 Å². The molecule has 154 valence electrons. The Morgan fingerprint density at radius 2 is 1.63 bits per heavy atom. The van der Waals surface area contributed by atoms with E-state index >= 15 is 0 Å². The summed E-state index contributed by atoms with van der Waals surface area (Å²) >= 11 is 0. The Morgan fingerprint density at radius 3 is 2.27 bits per heavy atom. The third kappa shape index (κ3) is 5.35. The monoisotopic (exact) mass is 403 g/mol. The van der Waals surface area contributed by atoms with Gasteiger partial charge in [0.1, 0.15) is 0 Å². The van der Waals surface area contributed by atoms with Crippen molar-refractivity contribution in [2.45, 2.75) is 19.9 Å². The molecule has 0 aliphatic rings. The summed E-state index contributed by atoms with van der Waals surface area (Å²) in [6, 6.07) is 15.8. The number of carbonyl (C=O) groups is 1. The van der Waals surface area contributed by atoms with E-state index in [0.717, 1.165) is 27.8 Å². The molecule has 7 heteroatoms. The molecule has 0 aliphatic carbocycles. The molecule has 0 fully saturated rings. The Kier molecular flexibility index (Phi) is 7.00. The molecule has 30 heavy (non-hydrogen) atoms. The van der Waals surface area contributed by atoms with Gasteiger partial charge in [-0.25, -0.2) is 4.79 Å². The minimum atomic E-state index is -0.324. The Hall–Kier alpha value is -3.87. The van der Waals surface area contributed by atoms with Crippen molar-refractivity contribution in [3.05, 3.63) is 94.3 Å². The molecule has 0 bridgehead atoms. The van der Waals surface area contributed by atoms with Gasteiger partial charge in [-0.3, -0.25) is 0 Å². The molecule has 0 atom stereocenters. The summed E-state index contributed by atoms with van der Waals surface area (Å²) in [5.41, 5.74) is 5.42. The standard InChI is InChI=1S/C23H25N5O2/c1-2-30-23(29)22-16-28(14-20-8-4-7-19(10-20)13-27-25)15-21(22)11-17-5-3-6-18(9-17)12-26-24/h3-10,12-13,15-16H,2,11,14,24-25H2,1H3. The van der Waals surface area contributed by atoms with Crippen LogP contribution in [0.15, 0.2) is 71.1 Å². The van der Waals surface area contributed by atoms with Gasteiger partial charge < -0.3 is 21.0 Å². The van der Waals surface area contributed by atoms with Crippen molar-refractivity contribution in [3.8, 4) is 0 Å². The van der Waals surface area contributed by atoms with Gasteiger partial charge in [0.05, 0.1) is 24.6 Å². The number of rotatable bonds is 8. The zero-order valence-corrected chi connectivity index (χ0v) is 16.9. The van der Waals surface area contributed by atoms with E-state index in [1.807, 2.05) is 65.5 Å². The highest BCUT2D eigenvalue weighted by Gasteiger charge is 2.16. The highest BCUT2D eigenvalue weighted by Crippen LogP contribution is 2.19. The van der Waals surface area contributed by atoms with E-state index < -0.39 is 0 Å². The number of benzene rings is 2. The number of esters is 1. The number of nitrogens with zero attached hydrogens (tertiary/aromatic N) is 3. The van der Waals surface area contributed by atoms with E-state index in [0.29, 0.717) is 25.1 Å². The van der Waals surface area contributed by atoms with Crippen molar-refractivity contribution in [1.29, 1.82) is 0 Å². The maximum Gasteiger partial charge on any atom is 0.339 e. The molecule has 2 aromatic carbocycles. The Labute approximate surface area is 175 Å². The van der Waals surface area contributed by atoms with Crippen molar-refractivity contribution >= 4 is 18.4 Å². The average molecular weight is 403 g/mol. The van der Waals surface area contributed by atoms with Crippen LogP contribution in [0.4, 0.5) is 0 Å². The highest BCUT2D eigenvalue weighted by atomic mass is 16.5. The molecule has 0 unspecified atom stereocenters. The predicted octanol–water partition coefficient (Wildman–Crippen LogP) is 2.89. The first-order chi connectivity index (χ1) is 14.6. The maximum absolute atomic E-state index is 12.5. The number of ether oxygens (including phenoxy) is 1. The van der Waals surface area contributed by atoms with Crippen molar-refractivity contribution in [3.63, 3.8) is 0 Å². The molecule has 3 aromatic rings. The molecule has 0 aliphatic heterocycles. The summed E-state index contributed by atoms with van der Waals surface area (Å²) in [6.07, 6.45) is 7.61. The fourth-order valence-electron chi connectivity index (χ4n) is 3.34. The fourth-order valence-corrected chi connectivity index (χ4v) is 3.34. The number of nitrogens with two attached hydrogens (primary N) is 2. The SMILES string of the molecule is CCOC(=O)c1cn(Cc2cccc(C=NN)c2)cc1Cc1cccc(C=NN)c1. The summed E-state index contributed by atoms with van der Waals surface area (Å²) in [6.45, 7) is 2.74. The first-order valence-corrected chi connectivity index (χ1v) is 9.63. The summed E-state index contributed by atoms with van der Waals surface area (Å²) in [4.78, 5) is 12.5. The van der Waals surface area contributed by atoms with Crippen LogP contribution in [-0.2, 0) is 17.7 Å². The molecular formula is C23H25N5O2. The first kappa shape index (κ1) is 20.9. The average Bonchev–Trinajstić information content (AvgIpc) is 3.11. The summed E-state index contributed by atoms with van der Waals surface area (Å²) in [7, 11) is 0. The van der Waals surface area contributed by atoms with Gasteiger partial charge in [0.25, 0.3) is 0 Å². The molecule has 0 saturated heterocycles. The van der Waals surface area contributed by atoms with Crippen LogP contribution in [0.3, 0.4) is 0 Å². The van der Waals surface area contributed by atoms with Crippen LogP contribution < -0.4 is 11.7 Å². The highest BCUT2D eigenvalue weighted by molar-refractivity contribution is 5.91. The quantitative estimate of drug-likeness (QED) is 0.261. The number of hydrogen-bond acceptors (Lipinski definition) is 6. The normalized spacial score (nSPS) is 11.4.